The van der Waals surface area contributed by atoms with Crippen LogP contribution >= 0.6 is 27.3 Å². The van der Waals surface area contributed by atoms with E-state index in [1.807, 2.05) is 0 Å². The van der Waals surface area contributed by atoms with Crippen LogP contribution in [0.2, 0.25) is 0 Å². The number of halogens is 1. The van der Waals surface area contributed by atoms with Crippen LogP contribution in [0.15, 0.2) is 15.9 Å². The number of amides is 1. The van der Waals surface area contributed by atoms with Crippen molar-refractivity contribution in [2.24, 2.45) is 5.92 Å². The van der Waals surface area contributed by atoms with Crippen LogP contribution in [0.3, 0.4) is 0 Å². The lowest BCUT2D eigenvalue weighted by Gasteiger charge is -2.17. The zero-order valence-corrected chi connectivity index (χ0v) is 11.3. The second-order valence-corrected chi connectivity index (χ2v) is 5.49. The number of aliphatic carboxylic acids is 1. The molecule has 1 atom stereocenters. The first-order chi connectivity index (χ1) is 7.41. The molecular weight excluding hydrogens is 294 g/mol. The fourth-order valence-electron chi connectivity index (χ4n) is 1.16. The number of carboxylic acid groups (broad SMARTS) is 1. The number of carbonyl (C=O) groups is 2. The zero-order valence-electron chi connectivity index (χ0n) is 8.86. The molecule has 88 valence electrons. The lowest BCUT2D eigenvalue weighted by atomic mass is 10.0. The third-order valence-electron chi connectivity index (χ3n) is 2.01. The van der Waals surface area contributed by atoms with Crippen molar-refractivity contribution in [3.05, 3.63) is 20.8 Å². The highest BCUT2D eigenvalue weighted by atomic mass is 79.9. The Bertz CT molecular complexity index is 403. The highest BCUT2D eigenvalue weighted by Crippen LogP contribution is 2.19. The number of hydrogen-bond donors (Lipinski definition) is 2. The molecule has 1 aromatic rings. The number of rotatable bonds is 4. The van der Waals surface area contributed by atoms with E-state index in [0.29, 0.717) is 4.88 Å². The first kappa shape index (κ1) is 13.2. The predicted molar refractivity (Wildman–Crippen MR) is 65.7 cm³/mol. The summed E-state index contributed by atoms with van der Waals surface area (Å²) >= 11 is 4.51. The summed E-state index contributed by atoms with van der Waals surface area (Å²) in [6.07, 6.45) is 0. The maximum atomic E-state index is 11.7. The van der Waals surface area contributed by atoms with Gasteiger partial charge in [-0.25, -0.2) is 4.79 Å². The Morgan fingerprint density at radius 2 is 2.12 bits per heavy atom. The molecule has 0 aliphatic rings. The van der Waals surface area contributed by atoms with E-state index in [2.05, 4.69) is 21.2 Å². The van der Waals surface area contributed by atoms with Gasteiger partial charge in [-0.1, -0.05) is 13.8 Å². The molecule has 0 saturated heterocycles. The van der Waals surface area contributed by atoms with Crippen molar-refractivity contribution in [2.75, 3.05) is 0 Å². The van der Waals surface area contributed by atoms with Gasteiger partial charge in [0.15, 0.2) is 0 Å². The third kappa shape index (κ3) is 3.31. The smallest absolute Gasteiger partial charge is 0.326 e. The molecule has 0 spiro atoms. The standard InChI is InChI=1S/C10H12BrNO3S/c1-5(2)8(10(14)15)12-9(13)7-3-6(11)4-16-7/h3-5,8H,1-2H3,(H,12,13)(H,14,15). The lowest BCUT2D eigenvalue weighted by Crippen LogP contribution is -2.44. The summed E-state index contributed by atoms with van der Waals surface area (Å²) in [5.41, 5.74) is 0. The second-order valence-electron chi connectivity index (χ2n) is 3.66. The van der Waals surface area contributed by atoms with Gasteiger partial charge >= 0.3 is 5.97 Å². The van der Waals surface area contributed by atoms with E-state index < -0.39 is 12.0 Å². The Kier molecular flexibility index (Phi) is 4.49. The van der Waals surface area contributed by atoms with Gasteiger partial charge in [-0.2, -0.15) is 0 Å². The van der Waals surface area contributed by atoms with Crippen molar-refractivity contribution >= 4 is 39.1 Å². The van der Waals surface area contributed by atoms with Gasteiger partial charge in [0.05, 0.1) is 4.88 Å². The number of carboxylic acids is 1. The van der Waals surface area contributed by atoms with E-state index in [1.165, 1.54) is 11.3 Å². The van der Waals surface area contributed by atoms with Crippen molar-refractivity contribution in [1.82, 2.24) is 5.32 Å². The Morgan fingerprint density at radius 3 is 2.50 bits per heavy atom. The summed E-state index contributed by atoms with van der Waals surface area (Å²) in [7, 11) is 0. The van der Waals surface area contributed by atoms with Gasteiger partial charge in [-0.15, -0.1) is 11.3 Å². The number of nitrogens with one attached hydrogen (secondary N) is 1. The minimum Gasteiger partial charge on any atom is -0.480 e. The minimum absolute atomic E-state index is 0.148. The van der Waals surface area contributed by atoms with Gasteiger partial charge in [0.1, 0.15) is 6.04 Å². The molecule has 16 heavy (non-hydrogen) atoms. The van der Waals surface area contributed by atoms with Crippen molar-refractivity contribution in [2.45, 2.75) is 19.9 Å². The molecule has 1 unspecified atom stereocenters. The maximum absolute atomic E-state index is 11.7. The maximum Gasteiger partial charge on any atom is 0.326 e. The van der Waals surface area contributed by atoms with E-state index in [9.17, 15) is 9.59 Å². The van der Waals surface area contributed by atoms with Crippen molar-refractivity contribution in [3.63, 3.8) is 0 Å². The predicted octanol–water partition coefficient (Wildman–Crippen LogP) is 2.35. The van der Waals surface area contributed by atoms with Crippen LogP contribution in [0.5, 0.6) is 0 Å². The Hall–Kier alpha value is -0.880. The van der Waals surface area contributed by atoms with Gasteiger partial charge in [-0.05, 0) is 27.9 Å². The molecule has 0 radical (unpaired) electrons. The van der Waals surface area contributed by atoms with Gasteiger partial charge < -0.3 is 10.4 Å². The van der Waals surface area contributed by atoms with Crippen LogP contribution in [0, 0.1) is 5.92 Å². The van der Waals surface area contributed by atoms with Crippen molar-refractivity contribution in [1.29, 1.82) is 0 Å². The highest BCUT2D eigenvalue weighted by Gasteiger charge is 2.24. The van der Waals surface area contributed by atoms with Gasteiger partial charge in [-0.3, -0.25) is 4.79 Å². The van der Waals surface area contributed by atoms with Crippen molar-refractivity contribution < 1.29 is 14.7 Å². The molecule has 0 bridgehead atoms. The first-order valence-electron chi connectivity index (χ1n) is 4.69. The summed E-state index contributed by atoms with van der Waals surface area (Å²) in [5, 5.41) is 13.2. The number of thiophene rings is 1. The molecule has 1 rings (SSSR count). The van der Waals surface area contributed by atoms with Crippen LogP contribution in [-0.4, -0.2) is 23.0 Å². The average Bonchev–Trinajstić information content (AvgIpc) is 2.59. The molecular formula is C10H12BrNO3S. The molecule has 0 aromatic carbocycles. The largest absolute Gasteiger partial charge is 0.480 e. The fraction of sp³-hybridized carbons (Fsp3) is 0.400. The molecule has 0 aliphatic carbocycles. The van der Waals surface area contributed by atoms with E-state index >= 15 is 0 Å². The van der Waals surface area contributed by atoms with Gasteiger partial charge in [0.25, 0.3) is 5.91 Å². The minimum atomic E-state index is -1.01. The van der Waals surface area contributed by atoms with E-state index in [0.717, 1.165) is 4.47 Å². The monoisotopic (exact) mass is 305 g/mol. The molecule has 1 heterocycles. The van der Waals surface area contributed by atoms with E-state index in [4.69, 9.17) is 5.11 Å². The molecule has 4 nitrogen and oxygen atoms in total. The van der Waals surface area contributed by atoms with E-state index in [1.54, 1.807) is 25.3 Å². The van der Waals surface area contributed by atoms with Crippen LogP contribution in [0.4, 0.5) is 0 Å². The molecule has 6 heteroatoms. The lowest BCUT2D eigenvalue weighted by molar-refractivity contribution is -0.140. The third-order valence-corrected chi connectivity index (χ3v) is 3.70. The van der Waals surface area contributed by atoms with E-state index in [-0.39, 0.29) is 11.8 Å². The normalized spacial score (nSPS) is 12.5. The first-order valence-corrected chi connectivity index (χ1v) is 6.36. The molecule has 0 aliphatic heterocycles. The van der Waals surface area contributed by atoms with Crippen LogP contribution in [0.1, 0.15) is 23.5 Å². The summed E-state index contributed by atoms with van der Waals surface area (Å²) in [4.78, 5) is 23.1. The molecule has 1 aromatic heterocycles. The Labute approximate surface area is 106 Å². The molecule has 0 saturated carbocycles. The SMILES string of the molecule is CC(C)C(NC(=O)c1cc(Br)cs1)C(=O)O. The van der Waals surface area contributed by atoms with Gasteiger partial charge in [0, 0.05) is 9.85 Å². The average molecular weight is 306 g/mol. The van der Waals surface area contributed by atoms with Crippen LogP contribution in [0.25, 0.3) is 0 Å². The van der Waals surface area contributed by atoms with Crippen molar-refractivity contribution in [3.8, 4) is 0 Å². The molecule has 0 fully saturated rings. The fourth-order valence-corrected chi connectivity index (χ4v) is 2.49. The zero-order chi connectivity index (χ0) is 12.3. The highest BCUT2D eigenvalue weighted by molar-refractivity contribution is 9.10. The summed E-state index contributed by atoms with van der Waals surface area (Å²) < 4.78 is 0.819. The quantitative estimate of drug-likeness (QED) is 0.897. The Balaban J connectivity index is 2.73. The molecule has 1 amide bonds. The Morgan fingerprint density at radius 1 is 1.50 bits per heavy atom. The topological polar surface area (TPSA) is 66.4 Å². The number of hydrogen-bond acceptors (Lipinski definition) is 3. The summed E-state index contributed by atoms with van der Waals surface area (Å²) in [5.74, 6) is -1.51. The van der Waals surface area contributed by atoms with Crippen LogP contribution in [-0.2, 0) is 4.79 Å². The molecule has 2 N–H and O–H groups in total. The van der Waals surface area contributed by atoms with Crippen LogP contribution < -0.4 is 5.32 Å². The summed E-state index contributed by atoms with van der Waals surface area (Å²) in [6, 6.07) is 0.813. The second kappa shape index (κ2) is 5.45. The summed E-state index contributed by atoms with van der Waals surface area (Å²) in [6.45, 7) is 3.51. The number of carbonyl (C=O) groups excluding carboxylic acids is 1. The van der Waals surface area contributed by atoms with Gasteiger partial charge in [0.2, 0.25) is 0 Å².